The second kappa shape index (κ2) is 9.71. The lowest BCUT2D eigenvalue weighted by molar-refractivity contribution is -0.144. The molecule has 1 aliphatic rings. The molecule has 1 heterocycles. The summed E-state index contributed by atoms with van der Waals surface area (Å²) >= 11 is 0. The van der Waals surface area contributed by atoms with Crippen LogP contribution in [0.4, 0.5) is 0 Å². The number of aryl methyl sites for hydroxylation is 1. The van der Waals surface area contributed by atoms with E-state index in [9.17, 15) is 9.90 Å². The van der Waals surface area contributed by atoms with Crippen LogP contribution in [0, 0.1) is 12.8 Å². The molecule has 0 saturated heterocycles. The summed E-state index contributed by atoms with van der Waals surface area (Å²) in [5, 5.41) is 10.8. The molecule has 0 spiro atoms. The van der Waals surface area contributed by atoms with Crippen molar-refractivity contribution >= 4 is 11.7 Å². The number of aliphatic hydroxyl groups excluding tert-OH is 1. The van der Waals surface area contributed by atoms with Crippen LogP contribution in [0.2, 0.25) is 0 Å². The largest absolute Gasteiger partial charge is 0.466 e. The number of nitrogens with zero attached hydrogens (tertiary/aromatic N) is 2. The van der Waals surface area contributed by atoms with Crippen molar-refractivity contribution in [1.29, 1.82) is 0 Å². The maximum absolute atomic E-state index is 11.8. The molecule has 5 N–H and O–H groups in total. The van der Waals surface area contributed by atoms with Gasteiger partial charge in [-0.25, -0.2) is 5.84 Å². The number of pyridine rings is 1. The number of esters is 1. The van der Waals surface area contributed by atoms with Gasteiger partial charge in [0.1, 0.15) is 0 Å². The van der Waals surface area contributed by atoms with Crippen molar-refractivity contribution in [2.24, 2.45) is 17.5 Å². The maximum atomic E-state index is 11.8. The fraction of sp³-hybridized carbons (Fsp3) is 0.600. The van der Waals surface area contributed by atoms with Crippen molar-refractivity contribution < 1.29 is 14.6 Å². The van der Waals surface area contributed by atoms with Crippen LogP contribution in [0.3, 0.4) is 0 Å². The Morgan fingerprint density at radius 3 is 2.74 bits per heavy atom. The number of nitrogens with two attached hydrogens (primary N) is 2. The van der Waals surface area contributed by atoms with Gasteiger partial charge in [0.25, 0.3) is 0 Å². The molecule has 0 bridgehead atoms. The van der Waals surface area contributed by atoms with Gasteiger partial charge in [0, 0.05) is 19.2 Å². The lowest BCUT2D eigenvalue weighted by Gasteiger charge is -2.29. The van der Waals surface area contributed by atoms with Gasteiger partial charge >= 0.3 is 5.97 Å². The molecular weight excluding hydrogens is 344 g/mol. The Morgan fingerprint density at radius 1 is 1.41 bits per heavy atom. The van der Waals surface area contributed by atoms with Crippen LogP contribution in [0.5, 0.6) is 0 Å². The summed E-state index contributed by atoms with van der Waals surface area (Å²) in [5.41, 5.74) is 9.68. The third-order valence-corrected chi connectivity index (χ3v) is 5.27. The van der Waals surface area contributed by atoms with Crippen LogP contribution in [0.25, 0.3) is 5.70 Å². The Bertz CT molecular complexity index is 688. The van der Waals surface area contributed by atoms with E-state index in [1.165, 1.54) is 10.6 Å². The molecule has 7 nitrogen and oxygen atoms in total. The first-order valence-corrected chi connectivity index (χ1v) is 9.58. The van der Waals surface area contributed by atoms with Crippen LogP contribution in [0.15, 0.2) is 17.8 Å². The van der Waals surface area contributed by atoms with E-state index in [4.69, 9.17) is 16.3 Å². The molecule has 2 rings (SSSR count). The molecule has 1 aromatic rings. The fourth-order valence-corrected chi connectivity index (χ4v) is 3.90. The van der Waals surface area contributed by atoms with Crippen LogP contribution >= 0.6 is 0 Å². The van der Waals surface area contributed by atoms with E-state index < -0.39 is 0 Å². The molecule has 0 aromatic carbocycles. The van der Waals surface area contributed by atoms with E-state index in [0.29, 0.717) is 42.0 Å². The number of likely N-dealkylation sites (N-methyl/N-ethyl adjacent to an activating group) is 1. The molecule has 0 aliphatic heterocycles. The number of hydrogen-bond acceptors (Lipinski definition) is 7. The van der Waals surface area contributed by atoms with Gasteiger partial charge in [-0.2, -0.15) is 0 Å². The predicted octanol–water partition coefficient (Wildman–Crippen LogP) is 2.04. The number of rotatable bonds is 7. The minimum atomic E-state index is -0.251. The SMILES string of the molecule is CCOC(=O)CC1CCCC(c2ccc(/C(N)=C(\CO)N(C)N)nc2C)C1. The van der Waals surface area contributed by atoms with Gasteiger partial charge in [-0.05, 0) is 56.6 Å². The molecule has 2 atom stereocenters. The highest BCUT2D eigenvalue weighted by Crippen LogP contribution is 2.38. The summed E-state index contributed by atoms with van der Waals surface area (Å²) in [4.78, 5) is 16.4. The molecule has 0 amide bonds. The van der Waals surface area contributed by atoms with Gasteiger partial charge in [0.2, 0.25) is 0 Å². The van der Waals surface area contributed by atoms with Crippen molar-refractivity contribution in [2.45, 2.75) is 51.9 Å². The highest BCUT2D eigenvalue weighted by atomic mass is 16.5. The fourth-order valence-electron chi connectivity index (χ4n) is 3.90. The van der Waals surface area contributed by atoms with Crippen LogP contribution < -0.4 is 11.6 Å². The van der Waals surface area contributed by atoms with Gasteiger partial charge in [0.15, 0.2) is 0 Å². The van der Waals surface area contributed by atoms with E-state index in [2.05, 4.69) is 11.1 Å². The van der Waals surface area contributed by atoms with Crippen molar-refractivity contribution in [3.8, 4) is 0 Å². The van der Waals surface area contributed by atoms with E-state index in [1.54, 1.807) is 7.05 Å². The number of hydrogen-bond donors (Lipinski definition) is 3. The lowest BCUT2D eigenvalue weighted by Crippen LogP contribution is -2.29. The Morgan fingerprint density at radius 2 is 2.15 bits per heavy atom. The topological polar surface area (TPSA) is 115 Å². The minimum absolute atomic E-state index is 0.103. The third-order valence-electron chi connectivity index (χ3n) is 5.27. The number of ether oxygens (including phenoxy) is 1. The summed E-state index contributed by atoms with van der Waals surface area (Å²) < 4.78 is 5.10. The summed E-state index contributed by atoms with van der Waals surface area (Å²) in [7, 11) is 1.63. The summed E-state index contributed by atoms with van der Waals surface area (Å²) in [5.74, 6) is 6.36. The molecule has 1 aliphatic carbocycles. The molecule has 7 heteroatoms. The van der Waals surface area contributed by atoms with Gasteiger partial charge in [-0.15, -0.1) is 0 Å². The zero-order valence-corrected chi connectivity index (χ0v) is 16.6. The first-order valence-electron chi connectivity index (χ1n) is 9.58. The van der Waals surface area contributed by atoms with Gasteiger partial charge in [-0.3, -0.25) is 9.78 Å². The molecule has 0 radical (unpaired) electrons. The van der Waals surface area contributed by atoms with Crippen molar-refractivity contribution in [2.75, 3.05) is 20.3 Å². The smallest absolute Gasteiger partial charge is 0.306 e. The zero-order valence-electron chi connectivity index (χ0n) is 16.6. The zero-order chi connectivity index (χ0) is 20.0. The average Bonchev–Trinajstić information content (AvgIpc) is 2.62. The quantitative estimate of drug-likeness (QED) is 0.379. The van der Waals surface area contributed by atoms with Crippen LogP contribution in [-0.2, 0) is 9.53 Å². The third kappa shape index (κ3) is 5.43. The summed E-state index contributed by atoms with van der Waals surface area (Å²) in [6, 6.07) is 3.94. The van der Waals surface area contributed by atoms with Crippen molar-refractivity contribution in [1.82, 2.24) is 9.99 Å². The lowest BCUT2D eigenvalue weighted by atomic mass is 9.76. The highest BCUT2D eigenvalue weighted by Gasteiger charge is 2.27. The summed E-state index contributed by atoms with van der Waals surface area (Å²) in [6.07, 6.45) is 4.73. The number of hydrazine groups is 1. The molecule has 1 saturated carbocycles. The Kier molecular flexibility index (Phi) is 7.62. The molecule has 1 fully saturated rings. The Hall–Kier alpha value is -2.12. The first kappa shape index (κ1) is 21.2. The molecule has 2 unspecified atom stereocenters. The van der Waals surface area contributed by atoms with E-state index in [-0.39, 0.29) is 12.6 Å². The van der Waals surface area contributed by atoms with E-state index in [0.717, 1.165) is 31.4 Å². The van der Waals surface area contributed by atoms with Crippen molar-refractivity contribution in [3.63, 3.8) is 0 Å². The first-order chi connectivity index (χ1) is 12.9. The Labute approximate surface area is 161 Å². The highest BCUT2D eigenvalue weighted by molar-refractivity contribution is 5.69. The minimum Gasteiger partial charge on any atom is -0.466 e. The summed E-state index contributed by atoms with van der Waals surface area (Å²) in [6.45, 7) is 4.00. The molecule has 27 heavy (non-hydrogen) atoms. The molecular formula is C20H32N4O3. The van der Waals surface area contributed by atoms with Gasteiger partial charge in [-0.1, -0.05) is 12.5 Å². The van der Waals surface area contributed by atoms with Crippen LogP contribution in [0.1, 0.15) is 61.9 Å². The standard InChI is InChI=1S/C20H32N4O3/c1-4-27-19(26)11-14-6-5-7-15(10-14)16-8-9-17(23-13(16)2)20(21)18(12-25)24(3)22/h8-9,14-15,25H,4-7,10-12,21-22H2,1-3H3/b20-18-. The molecule has 1 aromatic heterocycles. The normalized spacial score (nSPS) is 20.8. The predicted molar refractivity (Wildman–Crippen MR) is 105 cm³/mol. The number of carbonyl (C=O) groups excluding carboxylic acids is 1. The number of carbonyl (C=O) groups is 1. The second-order valence-corrected chi connectivity index (χ2v) is 7.24. The number of aliphatic hydroxyl groups is 1. The monoisotopic (exact) mass is 376 g/mol. The van der Waals surface area contributed by atoms with E-state index >= 15 is 0 Å². The van der Waals surface area contributed by atoms with E-state index in [1.807, 2.05) is 19.9 Å². The van der Waals surface area contributed by atoms with Gasteiger partial charge < -0.3 is 20.6 Å². The van der Waals surface area contributed by atoms with Crippen molar-refractivity contribution in [3.05, 3.63) is 34.8 Å². The Balaban J connectivity index is 2.16. The van der Waals surface area contributed by atoms with Crippen LogP contribution in [-0.4, -0.2) is 41.3 Å². The average molecular weight is 377 g/mol. The van der Waals surface area contributed by atoms with Gasteiger partial charge in [0.05, 0.1) is 30.3 Å². The number of aromatic nitrogens is 1. The molecule has 150 valence electrons. The maximum Gasteiger partial charge on any atom is 0.306 e. The second-order valence-electron chi connectivity index (χ2n) is 7.24.